The number of nitrogens with zero attached hydrogens (tertiary/aromatic N) is 4. The molecule has 1 saturated heterocycles. The van der Waals surface area contributed by atoms with E-state index in [4.69, 9.17) is 10.6 Å². The van der Waals surface area contributed by atoms with Crippen molar-refractivity contribution in [2.75, 3.05) is 30.0 Å². The topological polar surface area (TPSA) is 89.2 Å². The lowest BCUT2D eigenvalue weighted by Crippen LogP contribution is -2.24. The number of hydrazine groups is 1. The van der Waals surface area contributed by atoms with Crippen molar-refractivity contribution < 1.29 is 4.74 Å². The highest BCUT2D eigenvalue weighted by Crippen LogP contribution is 2.24. The largest absolute Gasteiger partial charge is 0.464 e. The van der Waals surface area contributed by atoms with Crippen LogP contribution in [0.25, 0.3) is 0 Å². The van der Waals surface area contributed by atoms with Crippen LogP contribution in [0.2, 0.25) is 0 Å². The van der Waals surface area contributed by atoms with Crippen LogP contribution in [0.15, 0.2) is 0 Å². The molecule has 0 aromatic carbocycles. The van der Waals surface area contributed by atoms with E-state index in [-0.39, 0.29) is 0 Å². The summed E-state index contributed by atoms with van der Waals surface area (Å²) in [7, 11) is 0. The predicted octanol–water partition coefficient (Wildman–Crippen LogP) is 0.792. The van der Waals surface area contributed by atoms with Gasteiger partial charge in [-0.1, -0.05) is 13.3 Å². The molecule has 18 heavy (non-hydrogen) atoms. The van der Waals surface area contributed by atoms with E-state index in [2.05, 4.69) is 32.2 Å². The summed E-state index contributed by atoms with van der Waals surface area (Å²) in [6.45, 7) is 6.57. The molecule has 0 bridgehead atoms. The van der Waals surface area contributed by atoms with Gasteiger partial charge >= 0.3 is 6.01 Å². The van der Waals surface area contributed by atoms with Gasteiger partial charge in [0.15, 0.2) is 0 Å². The molecule has 100 valence electrons. The van der Waals surface area contributed by atoms with Gasteiger partial charge in [0.1, 0.15) is 0 Å². The molecule has 3 N–H and O–H groups in total. The number of anilines is 2. The summed E-state index contributed by atoms with van der Waals surface area (Å²) < 4.78 is 5.32. The number of nitrogens with two attached hydrogens (primary N) is 1. The van der Waals surface area contributed by atoms with Crippen LogP contribution in [0.4, 0.5) is 11.9 Å². The Morgan fingerprint density at radius 1 is 1.39 bits per heavy atom. The van der Waals surface area contributed by atoms with Crippen molar-refractivity contribution in [3.05, 3.63) is 0 Å². The number of nitrogens with one attached hydrogen (secondary N) is 1. The Labute approximate surface area is 107 Å². The molecule has 2 heterocycles. The number of hydrogen-bond acceptors (Lipinski definition) is 7. The molecule has 0 aliphatic carbocycles. The van der Waals surface area contributed by atoms with Crippen molar-refractivity contribution in [2.45, 2.75) is 26.7 Å². The third-order valence-electron chi connectivity index (χ3n) is 3.15. The molecular formula is C11H20N6O. The molecule has 2 rings (SSSR count). The SMILES string of the molecule is CCOc1nc(NN)nc(N2CCC(CC)C2)n1. The first-order valence-electron chi connectivity index (χ1n) is 6.37. The lowest BCUT2D eigenvalue weighted by Gasteiger charge is -2.17. The minimum Gasteiger partial charge on any atom is -0.464 e. The van der Waals surface area contributed by atoms with Gasteiger partial charge in [-0.3, -0.25) is 5.43 Å². The zero-order chi connectivity index (χ0) is 13.0. The first-order chi connectivity index (χ1) is 8.76. The van der Waals surface area contributed by atoms with Crippen molar-refractivity contribution in [3.63, 3.8) is 0 Å². The van der Waals surface area contributed by atoms with Gasteiger partial charge in [-0.25, -0.2) is 5.84 Å². The van der Waals surface area contributed by atoms with E-state index >= 15 is 0 Å². The highest BCUT2D eigenvalue weighted by Gasteiger charge is 2.24. The van der Waals surface area contributed by atoms with Gasteiger partial charge in [-0.15, -0.1) is 0 Å². The van der Waals surface area contributed by atoms with Crippen molar-refractivity contribution in [1.29, 1.82) is 0 Å². The Kier molecular flexibility index (Phi) is 4.14. The molecule has 1 aromatic heterocycles. The average Bonchev–Trinajstić information content (AvgIpc) is 2.87. The van der Waals surface area contributed by atoms with Crippen LogP contribution in [0.3, 0.4) is 0 Å². The fourth-order valence-electron chi connectivity index (χ4n) is 2.09. The molecule has 0 radical (unpaired) electrons. The summed E-state index contributed by atoms with van der Waals surface area (Å²) in [6, 6.07) is 0.315. The lowest BCUT2D eigenvalue weighted by molar-refractivity contribution is 0.312. The zero-order valence-electron chi connectivity index (χ0n) is 10.9. The second kappa shape index (κ2) is 5.81. The first-order valence-corrected chi connectivity index (χ1v) is 6.37. The van der Waals surface area contributed by atoms with Crippen LogP contribution in [-0.2, 0) is 0 Å². The molecule has 1 aromatic rings. The van der Waals surface area contributed by atoms with Crippen LogP contribution in [0.1, 0.15) is 26.7 Å². The number of rotatable bonds is 5. The molecular weight excluding hydrogens is 232 g/mol. The van der Waals surface area contributed by atoms with Crippen molar-refractivity contribution in [2.24, 2.45) is 11.8 Å². The highest BCUT2D eigenvalue weighted by molar-refractivity contribution is 5.38. The summed E-state index contributed by atoms with van der Waals surface area (Å²) in [6.07, 6.45) is 2.36. The molecule has 0 saturated carbocycles. The summed E-state index contributed by atoms with van der Waals surface area (Å²) in [5.74, 6) is 7.05. The summed E-state index contributed by atoms with van der Waals surface area (Å²) in [5.41, 5.74) is 2.45. The highest BCUT2D eigenvalue weighted by atomic mass is 16.5. The molecule has 1 aliphatic heterocycles. The van der Waals surface area contributed by atoms with Gasteiger partial charge in [0.25, 0.3) is 0 Å². The fraction of sp³-hybridized carbons (Fsp3) is 0.727. The van der Waals surface area contributed by atoms with E-state index in [0.717, 1.165) is 13.1 Å². The molecule has 0 spiro atoms. The van der Waals surface area contributed by atoms with Crippen LogP contribution >= 0.6 is 0 Å². The second-order valence-electron chi connectivity index (χ2n) is 4.33. The van der Waals surface area contributed by atoms with E-state index in [1.165, 1.54) is 12.8 Å². The minimum absolute atomic E-state index is 0.315. The van der Waals surface area contributed by atoms with Crippen LogP contribution in [-0.4, -0.2) is 34.6 Å². The number of ether oxygens (including phenoxy) is 1. The van der Waals surface area contributed by atoms with Gasteiger partial charge in [0.05, 0.1) is 6.61 Å². The van der Waals surface area contributed by atoms with Crippen molar-refractivity contribution >= 4 is 11.9 Å². The van der Waals surface area contributed by atoms with E-state index in [0.29, 0.717) is 30.4 Å². The van der Waals surface area contributed by atoms with Gasteiger partial charge in [-0.2, -0.15) is 15.0 Å². The van der Waals surface area contributed by atoms with Gasteiger partial charge in [0.2, 0.25) is 11.9 Å². The maximum atomic E-state index is 5.36. The Bertz CT molecular complexity index is 399. The normalized spacial score (nSPS) is 19.1. The Morgan fingerprint density at radius 3 is 2.83 bits per heavy atom. The minimum atomic E-state index is 0.315. The smallest absolute Gasteiger partial charge is 0.323 e. The van der Waals surface area contributed by atoms with E-state index in [1.54, 1.807) is 0 Å². The first kappa shape index (κ1) is 12.8. The van der Waals surface area contributed by atoms with Gasteiger partial charge in [0, 0.05) is 13.1 Å². The molecule has 7 heteroatoms. The molecule has 1 unspecified atom stereocenters. The number of hydrogen-bond donors (Lipinski definition) is 2. The molecule has 1 atom stereocenters. The second-order valence-corrected chi connectivity index (χ2v) is 4.33. The van der Waals surface area contributed by atoms with Crippen LogP contribution < -0.4 is 20.9 Å². The Balaban J connectivity index is 2.18. The van der Waals surface area contributed by atoms with E-state index in [1.807, 2.05) is 6.92 Å². The van der Waals surface area contributed by atoms with E-state index in [9.17, 15) is 0 Å². The van der Waals surface area contributed by atoms with Crippen molar-refractivity contribution in [3.8, 4) is 6.01 Å². The Hall–Kier alpha value is -1.63. The zero-order valence-corrected chi connectivity index (χ0v) is 10.9. The average molecular weight is 252 g/mol. The summed E-state index contributed by atoms with van der Waals surface area (Å²) in [5, 5.41) is 0. The quantitative estimate of drug-likeness (QED) is 0.591. The summed E-state index contributed by atoms with van der Waals surface area (Å²) >= 11 is 0. The van der Waals surface area contributed by atoms with Crippen LogP contribution in [0.5, 0.6) is 6.01 Å². The fourth-order valence-corrected chi connectivity index (χ4v) is 2.09. The van der Waals surface area contributed by atoms with E-state index < -0.39 is 0 Å². The third kappa shape index (κ3) is 2.79. The Morgan fingerprint density at radius 2 is 2.22 bits per heavy atom. The van der Waals surface area contributed by atoms with Gasteiger partial charge < -0.3 is 9.64 Å². The predicted molar refractivity (Wildman–Crippen MR) is 69.4 cm³/mol. The molecule has 7 nitrogen and oxygen atoms in total. The maximum absolute atomic E-state index is 5.36. The van der Waals surface area contributed by atoms with Gasteiger partial charge in [-0.05, 0) is 19.3 Å². The van der Waals surface area contributed by atoms with Crippen LogP contribution in [0, 0.1) is 5.92 Å². The number of aromatic nitrogens is 3. The third-order valence-corrected chi connectivity index (χ3v) is 3.15. The summed E-state index contributed by atoms with van der Waals surface area (Å²) in [4.78, 5) is 14.8. The number of nitrogen functional groups attached to an aromatic ring is 1. The monoisotopic (exact) mass is 252 g/mol. The molecule has 0 amide bonds. The lowest BCUT2D eigenvalue weighted by atomic mass is 10.1. The van der Waals surface area contributed by atoms with Crippen molar-refractivity contribution in [1.82, 2.24) is 15.0 Å². The standard InChI is InChI=1S/C11H20N6O/c1-3-8-5-6-17(7-8)10-13-9(16-12)14-11(15-10)18-4-2/h8H,3-7,12H2,1-2H3,(H,13,14,15,16). The molecule has 1 fully saturated rings. The maximum Gasteiger partial charge on any atom is 0.323 e. The molecule has 1 aliphatic rings.